The minimum absolute atomic E-state index is 0.240. The zero-order valence-electron chi connectivity index (χ0n) is 9.77. The monoisotopic (exact) mass is 223 g/mol. The largest absolute Gasteiger partial charge is 0.341 e. The molecule has 5 nitrogen and oxygen atoms in total. The number of amides is 2. The lowest BCUT2D eigenvalue weighted by Crippen LogP contribution is -2.47. The Morgan fingerprint density at radius 1 is 1.56 bits per heavy atom. The second kappa shape index (κ2) is 4.94. The number of carbonyl (C=O) groups is 1. The molecule has 1 aromatic heterocycles. The third-order valence-electron chi connectivity index (χ3n) is 2.26. The fourth-order valence-electron chi connectivity index (χ4n) is 1.27. The number of nitrogens with one attached hydrogen (secondary N) is 1. The van der Waals surface area contributed by atoms with E-state index in [9.17, 15) is 10.0 Å². The number of hydrogen-bond donors (Lipinski definition) is 2. The van der Waals surface area contributed by atoms with Gasteiger partial charge in [-0.05, 0) is 32.9 Å². The van der Waals surface area contributed by atoms with Gasteiger partial charge in [0.2, 0.25) is 0 Å². The van der Waals surface area contributed by atoms with Crippen LogP contribution >= 0.6 is 0 Å². The van der Waals surface area contributed by atoms with E-state index in [0.29, 0.717) is 5.06 Å². The molecule has 16 heavy (non-hydrogen) atoms. The summed E-state index contributed by atoms with van der Waals surface area (Å²) in [5.41, 5.74) is 0.127. The van der Waals surface area contributed by atoms with E-state index in [-0.39, 0.29) is 6.54 Å². The predicted molar refractivity (Wildman–Crippen MR) is 60.0 cm³/mol. The van der Waals surface area contributed by atoms with Gasteiger partial charge >= 0.3 is 6.03 Å². The molecule has 0 bridgehead atoms. The van der Waals surface area contributed by atoms with Crippen LogP contribution in [0, 0.1) is 0 Å². The van der Waals surface area contributed by atoms with Gasteiger partial charge in [0.05, 0.1) is 11.2 Å². The van der Waals surface area contributed by atoms with Gasteiger partial charge in [0.15, 0.2) is 0 Å². The Bertz CT molecular complexity index is 352. The van der Waals surface area contributed by atoms with E-state index in [1.54, 1.807) is 13.1 Å². The maximum atomic E-state index is 11.5. The van der Waals surface area contributed by atoms with E-state index in [1.165, 1.54) is 0 Å². The molecule has 1 rings (SSSR count). The molecule has 0 fully saturated rings. The van der Waals surface area contributed by atoms with E-state index in [4.69, 9.17) is 0 Å². The third-order valence-corrected chi connectivity index (χ3v) is 2.26. The molecule has 2 N–H and O–H groups in total. The van der Waals surface area contributed by atoms with Crippen LogP contribution in [0.25, 0.3) is 0 Å². The molecular formula is C11H17N3O2. The molecule has 0 aliphatic rings. The standard InChI is InChI=1S/C11H17N3O2/c1-4-14(16)10(15)13-11(2,3)9-7-5-6-8-12-9/h5-8,16H,4H2,1-3H3,(H,13,15). The van der Waals surface area contributed by atoms with Gasteiger partial charge in [-0.1, -0.05) is 6.07 Å². The number of pyridine rings is 1. The molecule has 0 spiro atoms. The van der Waals surface area contributed by atoms with Crippen LogP contribution in [-0.2, 0) is 5.54 Å². The number of rotatable bonds is 3. The second-order valence-corrected chi connectivity index (χ2v) is 3.99. The summed E-state index contributed by atoms with van der Waals surface area (Å²) in [7, 11) is 0. The first-order chi connectivity index (χ1) is 7.47. The maximum absolute atomic E-state index is 11.5. The van der Waals surface area contributed by atoms with E-state index in [2.05, 4.69) is 10.3 Å². The van der Waals surface area contributed by atoms with Gasteiger partial charge in [-0.15, -0.1) is 0 Å². The van der Waals surface area contributed by atoms with E-state index in [1.807, 2.05) is 32.0 Å². The maximum Gasteiger partial charge on any atom is 0.341 e. The molecule has 0 aromatic carbocycles. The van der Waals surface area contributed by atoms with Crippen molar-refractivity contribution in [3.05, 3.63) is 30.1 Å². The third kappa shape index (κ3) is 2.93. The van der Waals surface area contributed by atoms with Crippen molar-refractivity contribution >= 4 is 6.03 Å². The predicted octanol–water partition coefficient (Wildman–Crippen LogP) is 1.74. The highest BCUT2D eigenvalue weighted by Gasteiger charge is 2.25. The summed E-state index contributed by atoms with van der Waals surface area (Å²) in [5, 5.41) is 12.6. The lowest BCUT2D eigenvalue weighted by molar-refractivity contribution is -0.0410. The highest BCUT2D eigenvalue weighted by molar-refractivity contribution is 5.73. The molecule has 5 heteroatoms. The zero-order chi connectivity index (χ0) is 12.2. The molecule has 88 valence electrons. The van der Waals surface area contributed by atoms with Crippen LogP contribution in [0.3, 0.4) is 0 Å². The van der Waals surface area contributed by atoms with Crippen molar-refractivity contribution in [3.63, 3.8) is 0 Å². The number of nitrogens with zero attached hydrogens (tertiary/aromatic N) is 2. The average molecular weight is 223 g/mol. The number of aromatic nitrogens is 1. The highest BCUT2D eigenvalue weighted by atomic mass is 16.5. The van der Waals surface area contributed by atoms with Gasteiger partial charge in [0.25, 0.3) is 0 Å². The van der Waals surface area contributed by atoms with E-state index >= 15 is 0 Å². The second-order valence-electron chi connectivity index (χ2n) is 3.99. The molecule has 0 radical (unpaired) electrons. The highest BCUT2D eigenvalue weighted by Crippen LogP contribution is 2.16. The molecule has 0 unspecified atom stereocenters. The van der Waals surface area contributed by atoms with Crippen LogP contribution in [0.2, 0.25) is 0 Å². The number of hydrogen-bond acceptors (Lipinski definition) is 3. The molecule has 1 heterocycles. The van der Waals surface area contributed by atoms with Gasteiger partial charge < -0.3 is 5.32 Å². The van der Waals surface area contributed by atoms with Crippen molar-refractivity contribution in [3.8, 4) is 0 Å². The lowest BCUT2D eigenvalue weighted by Gasteiger charge is -2.27. The molecular weight excluding hydrogens is 206 g/mol. The van der Waals surface area contributed by atoms with E-state index in [0.717, 1.165) is 5.69 Å². The smallest absolute Gasteiger partial charge is 0.326 e. The van der Waals surface area contributed by atoms with Crippen LogP contribution in [0.4, 0.5) is 4.79 Å². The Labute approximate surface area is 95.1 Å². The van der Waals surface area contributed by atoms with Gasteiger partial charge in [-0.3, -0.25) is 10.2 Å². The molecule has 0 saturated carbocycles. The van der Waals surface area contributed by atoms with Crippen LogP contribution in [0.15, 0.2) is 24.4 Å². The van der Waals surface area contributed by atoms with Crippen molar-refractivity contribution in [2.45, 2.75) is 26.3 Å². The molecule has 0 saturated heterocycles. The van der Waals surface area contributed by atoms with Gasteiger partial charge in [-0.25, -0.2) is 9.86 Å². The van der Waals surface area contributed by atoms with Gasteiger partial charge in [-0.2, -0.15) is 0 Å². The molecule has 0 aliphatic heterocycles. The summed E-state index contributed by atoms with van der Waals surface area (Å²) in [6, 6.07) is 4.96. The quantitative estimate of drug-likeness (QED) is 0.606. The summed E-state index contributed by atoms with van der Waals surface area (Å²) < 4.78 is 0. The molecule has 0 aliphatic carbocycles. The van der Waals surface area contributed by atoms with Crippen LogP contribution in [0.5, 0.6) is 0 Å². The summed E-state index contributed by atoms with van der Waals surface area (Å²) in [6.45, 7) is 5.59. The Balaban J connectivity index is 2.76. The van der Waals surface area contributed by atoms with Crippen molar-refractivity contribution < 1.29 is 10.0 Å². The minimum Gasteiger partial charge on any atom is -0.326 e. The zero-order valence-corrected chi connectivity index (χ0v) is 9.77. The van der Waals surface area contributed by atoms with Gasteiger partial charge in [0, 0.05) is 12.7 Å². The number of hydroxylamine groups is 2. The van der Waals surface area contributed by atoms with Crippen molar-refractivity contribution in [2.75, 3.05) is 6.54 Å². The van der Waals surface area contributed by atoms with E-state index < -0.39 is 11.6 Å². The fourth-order valence-corrected chi connectivity index (χ4v) is 1.27. The molecule has 1 aromatic rings. The normalized spacial score (nSPS) is 11.0. The Morgan fingerprint density at radius 3 is 2.75 bits per heavy atom. The van der Waals surface area contributed by atoms with Crippen molar-refractivity contribution in [1.82, 2.24) is 15.4 Å². The van der Waals surface area contributed by atoms with Gasteiger partial charge in [0.1, 0.15) is 0 Å². The summed E-state index contributed by atoms with van der Waals surface area (Å²) in [4.78, 5) is 15.7. The van der Waals surface area contributed by atoms with Crippen molar-refractivity contribution in [1.29, 1.82) is 0 Å². The first-order valence-electron chi connectivity index (χ1n) is 5.17. The first-order valence-corrected chi connectivity index (χ1v) is 5.17. The summed E-state index contributed by atoms with van der Waals surface area (Å²) in [6.07, 6.45) is 1.67. The minimum atomic E-state index is -0.617. The topological polar surface area (TPSA) is 65.5 Å². The lowest BCUT2D eigenvalue weighted by atomic mass is 10.0. The van der Waals surface area contributed by atoms with Crippen LogP contribution < -0.4 is 5.32 Å². The number of urea groups is 1. The average Bonchev–Trinajstić information content (AvgIpc) is 2.28. The van der Waals surface area contributed by atoms with Crippen LogP contribution in [0.1, 0.15) is 26.5 Å². The number of carbonyl (C=O) groups excluding carboxylic acids is 1. The SMILES string of the molecule is CCN(O)C(=O)NC(C)(C)c1ccccn1. The Morgan fingerprint density at radius 2 is 2.25 bits per heavy atom. The van der Waals surface area contributed by atoms with Crippen LogP contribution in [-0.4, -0.2) is 27.8 Å². The Hall–Kier alpha value is -1.62. The van der Waals surface area contributed by atoms with Crippen molar-refractivity contribution in [2.24, 2.45) is 0 Å². The summed E-state index contributed by atoms with van der Waals surface area (Å²) in [5.74, 6) is 0. The first kappa shape index (κ1) is 12.4. The molecule has 2 amide bonds. The fraction of sp³-hybridized carbons (Fsp3) is 0.455. The summed E-state index contributed by atoms with van der Waals surface area (Å²) >= 11 is 0. The Kier molecular flexibility index (Phi) is 3.84. The molecule has 0 atom stereocenters.